The van der Waals surface area contributed by atoms with Gasteiger partial charge in [-0.1, -0.05) is 17.3 Å². The summed E-state index contributed by atoms with van der Waals surface area (Å²) in [6, 6.07) is 9.17. The van der Waals surface area contributed by atoms with Crippen LogP contribution < -0.4 is 4.74 Å². The van der Waals surface area contributed by atoms with E-state index in [-0.39, 0.29) is 5.91 Å². The first-order chi connectivity index (χ1) is 10.7. The summed E-state index contributed by atoms with van der Waals surface area (Å²) in [5, 5.41) is 3.92. The lowest BCUT2D eigenvalue weighted by molar-refractivity contribution is 0.0654. The summed E-state index contributed by atoms with van der Waals surface area (Å²) in [5.41, 5.74) is 1.19. The second-order valence-corrected chi connectivity index (χ2v) is 5.40. The van der Waals surface area contributed by atoms with Crippen LogP contribution in [0.4, 0.5) is 0 Å². The molecule has 0 unspecified atom stereocenters. The van der Waals surface area contributed by atoms with E-state index in [2.05, 4.69) is 17.1 Å². The van der Waals surface area contributed by atoms with Crippen LogP contribution in [0.2, 0.25) is 0 Å². The number of benzene rings is 1. The third-order valence-corrected chi connectivity index (χ3v) is 3.87. The molecule has 3 rings (SSSR count). The lowest BCUT2D eigenvalue weighted by atomic mass is 10.1. The third-order valence-electron chi connectivity index (χ3n) is 3.87. The van der Waals surface area contributed by atoms with Crippen LogP contribution in [0.15, 0.2) is 34.9 Å². The van der Waals surface area contributed by atoms with Gasteiger partial charge in [-0.25, -0.2) is 0 Å². The topological polar surface area (TPSA) is 58.8 Å². The van der Waals surface area contributed by atoms with E-state index in [9.17, 15) is 4.79 Å². The molecule has 0 atom stereocenters. The lowest BCUT2D eigenvalue weighted by Gasteiger charge is -2.31. The van der Waals surface area contributed by atoms with E-state index in [1.165, 1.54) is 0 Å². The van der Waals surface area contributed by atoms with Crippen LogP contribution in [0.3, 0.4) is 0 Å². The molecule has 116 valence electrons. The molecule has 1 saturated heterocycles. The van der Waals surface area contributed by atoms with Crippen molar-refractivity contribution in [1.82, 2.24) is 15.0 Å². The van der Waals surface area contributed by atoms with E-state index in [1.807, 2.05) is 29.2 Å². The molecule has 1 fully saturated rings. The van der Waals surface area contributed by atoms with Gasteiger partial charge in [0.15, 0.2) is 11.5 Å². The molecule has 1 amide bonds. The molecule has 0 N–H and O–H groups in total. The number of carbonyl (C=O) groups is 1. The average Bonchev–Trinajstić information content (AvgIpc) is 3.05. The Kier molecular flexibility index (Phi) is 4.11. The molecule has 0 spiro atoms. The van der Waals surface area contributed by atoms with Crippen molar-refractivity contribution in [3.8, 4) is 17.1 Å². The molecule has 1 aromatic carbocycles. The van der Waals surface area contributed by atoms with Crippen molar-refractivity contribution in [2.75, 3.05) is 40.3 Å². The van der Waals surface area contributed by atoms with Gasteiger partial charge in [0.05, 0.1) is 7.11 Å². The molecule has 1 aromatic heterocycles. The van der Waals surface area contributed by atoms with Crippen molar-refractivity contribution in [2.45, 2.75) is 0 Å². The number of piperazine rings is 1. The molecule has 6 heteroatoms. The van der Waals surface area contributed by atoms with Gasteiger partial charge in [0.1, 0.15) is 5.75 Å². The SMILES string of the molecule is COc1cccc(-c2cc(C(=O)N3CCN(C)CC3)no2)c1. The Labute approximate surface area is 129 Å². The number of methoxy groups -OCH3 is 1. The van der Waals surface area contributed by atoms with Crippen molar-refractivity contribution in [2.24, 2.45) is 0 Å². The fourth-order valence-electron chi connectivity index (χ4n) is 2.46. The molecule has 0 bridgehead atoms. The van der Waals surface area contributed by atoms with E-state index >= 15 is 0 Å². The number of likely N-dealkylation sites (N-methyl/N-ethyl adjacent to an activating group) is 1. The zero-order valence-electron chi connectivity index (χ0n) is 12.8. The smallest absolute Gasteiger partial charge is 0.276 e. The number of rotatable bonds is 3. The quantitative estimate of drug-likeness (QED) is 0.864. The van der Waals surface area contributed by atoms with Gasteiger partial charge in [-0.05, 0) is 19.2 Å². The summed E-state index contributed by atoms with van der Waals surface area (Å²) in [5.74, 6) is 1.23. The van der Waals surface area contributed by atoms with Crippen LogP contribution in [0.5, 0.6) is 5.75 Å². The molecule has 1 aliphatic rings. The molecule has 1 aliphatic heterocycles. The maximum atomic E-state index is 12.4. The highest BCUT2D eigenvalue weighted by Crippen LogP contribution is 2.24. The Balaban J connectivity index is 1.77. The summed E-state index contributed by atoms with van der Waals surface area (Å²) < 4.78 is 10.5. The highest BCUT2D eigenvalue weighted by molar-refractivity contribution is 5.93. The van der Waals surface area contributed by atoms with Gasteiger partial charge >= 0.3 is 0 Å². The fraction of sp³-hybridized carbons (Fsp3) is 0.375. The number of hydrogen-bond donors (Lipinski definition) is 0. The Bertz CT molecular complexity index is 660. The highest BCUT2D eigenvalue weighted by atomic mass is 16.5. The largest absolute Gasteiger partial charge is 0.497 e. The molecule has 2 heterocycles. The van der Waals surface area contributed by atoms with Gasteiger partial charge in [-0.3, -0.25) is 4.79 Å². The van der Waals surface area contributed by atoms with Gasteiger partial charge in [-0.2, -0.15) is 0 Å². The molecular weight excluding hydrogens is 282 g/mol. The average molecular weight is 301 g/mol. The number of amides is 1. The van der Waals surface area contributed by atoms with Crippen LogP contribution in [0.1, 0.15) is 10.5 Å². The molecule has 0 aliphatic carbocycles. The van der Waals surface area contributed by atoms with E-state index in [4.69, 9.17) is 9.26 Å². The van der Waals surface area contributed by atoms with Gasteiger partial charge in [0.25, 0.3) is 5.91 Å². The number of aromatic nitrogens is 1. The van der Waals surface area contributed by atoms with Crippen molar-refractivity contribution < 1.29 is 14.1 Å². The Morgan fingerprint density at radius 2 is 2.00 bits per heavy atom. The number of carbonyl (C=O) groups excluding carboxylic acids is 1. The van der Waals surface area contributed by atoms with Crippen LogP contribution in [0, 0.1) is 0 Å². The van der Waals surface area contributed by atoms with E-state index in [1.54, 1.807) is 13.2 Å². The molecule has 0 radical (unpaired) electrons. The van der Waals surface area contributed by atoms with Gasteiger partial charge in [0.2, 0.25) is 0 Å². The monoisotopic (exact) mass is 301 g/mol. The molecular formula is C16H19N3O3. The summed E-state index contributed by atoms with van der Waals surface area (Å²) in [6.45, 7) is 3.20. The van der Waals surface area contributed by atoms with Crippen molar-refractivity contribution in [1.29, 1.82) is 0 Å². The molecule has 0 saturated carbocycles. The maximum absolute atomic E-state index is 12.4. The number of ether oxygens (including phenoxy) is 1. The fourth-order valence-corrected chi connectivity index (χ4v) is 2.46. The first-order valence-corrected chi connectivity index (χ1v) is 7.26. The zero-order chi connectivity index (χ0) is 15.5. The minimum atomic E-state index is -0.0778. The second-order valence-electron chi connectivity index (χ2n) is 5.40. The lowest BCUT2D eigenvalue weighted by Crippen LogP contribution is -2.47. The first kappa shape index (κ1) is 14.6. The van der Waals surface area contributed by atoms with Gasteiger partial charge in [-0.15, -0.1) is 0 Å². The van der Waals surface area contributed by atoms with Crippen LogP contribution >= 0.6 is 0 Å². The second kappa shape index (κ2) is 6.19. The standard InChI is InChI=1S/C16H19N3O3/c1-18-6-8-19(9-7-18)16(20)14-11-15(22-17-14)12-4-3-5-13(10-12)21-2/h3-5,10-11H,6-9H2,1-2H3. The zero-order valence-corrected chi connectivity index (χ0v) is 12.8. The van der Waals surface area contributed by atoms with Crippen LogP contribution in [-0.4, -0.2) is 61.2 Å². The van der Waals surface area contributed by atoms with Crippen molar-refractivity contribution in [3.05, 3.63) is 36.0 Å². The van der Waals surface area contributed by atoms with E-state index < -0.39 is 0 Å². The minimum absolute atomic E-state index is 0.0778. The summed E-state index contributed by atoms with van der Waals surface area (Å²) >= 11 is 0. The van der Waals surface area contributed by atoms with Crippen molar-refractivity contribution in [3.63, 3.8) is 0 Å². The number of hydrogen-bond acceptors (Lipinski definition) is 5. The van der Waals surface area contributed by atoms with Crippen LogP contribution in [-0.2, 0) is 0 Å². The normalized spacial score (nSPS) is 15.8. The van der Waals surface area contributed by atoms with Crippen molar-refractivity contribution >= 4 is 5.91 Å². The van der Waals surface area contributed by atoms with Gasteiger partial charge < -0.3 is 19.1 Å². The first-order valence-electron chi connectivity index (χ1n) is 7.26. The molecule has 6 nitrogen and oxygen atoms in total. The van der Waals surface area contributed by atoms with E-state index in [0.29, 0.717) is 11.5 Å². The Morgan fingerprint density at radius 1 is 1.23 bits per heavy atom. The predicted molar refractivity (Wildman–Crippen MR) is 81.9 cm³/mol. The minimum Gasteiger partial charge on any atom is -0.497 e. The molecule has 2 aromatic rings. The van der Waals surface area contributed by atoms with Crippen LogP contribution in [0.25, 0.3) is 11.3 Å². The van der Waals surface area contributed by atoms with E-state index in [0.717, 1.165) is 37.5 Å². The Hall–Kier alpha value is -2.34. The Morgan fingerprint density at radius 3 is 2.73 bits per heavy atom. The summed E-state index contributed by atoms with van der Waals surface area (Å²) in [4.78, 5) is 16.4. The highest BCUT2D eigenvalue weighted by Gasteiger charge is 2.23. The summed E-state index contributed by atoms with van der Waals surface area (Å²) in [7, 11) is 3.67. The van der Waals surface area contributed by atoms with Gasteiger partial charge in [0, 0.05) is 37.8 Å². The predicted octanol–water partition coefficient (Wildman–Crippen LogP) is 1.74. The number of nitrogens with zero attached hydrogens (tertiary/aromatic N) is 3. The maximum Gasteiger partial charge on any atom is 0.276 e. The summed E-state index contributed by atoms with van der Waals surface area (Å²) in [6.07, 6.45) is 0. The molecule has 22 heavy (non-hydrogen) atoms. The third kappa shape index (κ3) is 2.96.